The number of hydrogen-bond donors (Lipinski definition) is 0. The van der Waals surface area contributed by atoms with Crippen molar-refractivity contribution in [1.82, 2.24) is 4.98 Å². The molecule has 1 heterocycles. The normalized spacial score (nSPS) is 16.4. The molecule has 0 amide bonds. The number of hydrogen-bond acceptors (Lipinski definition) is 1. The maximum absolute atomic E-state index is 13.6. The second-order valence-corrected chi connectivity index (χ2v) is 4.92. The molecule has 1 aliphatic carbocycles. The Morgan fingerprint density at radius 3 is 2.64 bits per heavy atom. The Kier molecular flexibility index (Phi) is 2.60. The SMILES string of the molecule is CC(C)c1cc(F)c(C2CC2)nc1Br. The third kappa shape index (κ3) is 1.83. The second-order valence-electron chi connectivity index (χ2n) is 4.16. The van der Waals surface area contributed by atoms with E-state index >= 15 is 0 Å². The van der Waals surface area contributed by atoms with Gasteiger partial charge in [-0.3, -0.25) is 0 Å². The van der Waals surface area contributed by atoms with Gasteiger partial charge in [0.15, 0.2) is 0 Å². The predicted octanol–water partition coefficient (Wildman–Crippen LogP) is 3.98. The minimum atomic E-state index is -0.139. The van der Waals surface area contributed by atoms with E-state index < -0.39 is 0 Å². The van der Waals surface area contributed by atoms with E-state index in [9.17, 15) is 4.39 Å². The van der Waals surface area contributed by atoms with Gasteiger partial charge in [0, 0.05) is 5.92 Å². The lowest BCUT2D eigenvalue weighted by Gasteiger charge is -2.10. The van der Waals surface area contributed by atoms with Crippen LogP contribution in [-0.2, 0) is 0 Å². The molecule has 76 valence electrons. The summed E-state index contributed by atoms with van der Waals surface area (Å²) in [5, 5.41) is 0. The van der Waals surface area contributed by atoms with Crippen molar-refractivity contribution in [3.63, 3.8) is 0 Å². The molecular weight excluding hydrogens is 245 g/mol. The molecule has 14 heavy (non-hydrogen) atoms. The summed E-state index contributed by atoms with van der Waals surface area (Å²) in [5.41, 5.74) is 1.59. The number of rotatable bonds is 2. The molecule has 0 spiro atoms. The first kappa shape index (κ1) is 10.1. The number of pyridine rings is 1. The van der Waals surface area contributed by atoms with E-state index in [2.05, 4.69) is 20.9 Å². The number of nitrogens with zero attached hydrogens (tertiary/aromatic N) is 1. The van der Waals surface area contributed by atoms with Gasteiger partial charge in [-0.15, -0.1) is 0 Å². The zero-order chi connectivity index (χ0) is 10.3. The fourth-order valence-electron chi connectivity index (χ4n) is 1.54. The molecule has 3 heteroatoms. The molecule has 1 saturated carbocycles. The van der Waals surface area contributed by atoms with Crippen LogP contribution in [0.2, 0.25) is 0 Å². The van der Waals surface area contributed by atoms with Crippen LogP contribution in [0.25, 0.3) is 0 Å². The van der Waals surface area contributed by atoms with Crippen LogP contribution in [0.3, 0.4) is 0 Å². The molecule has 0 aliphatic heterocycles. The summed E-state index contributed by atoms with van der Waals surface area (Å²) in [6.45, 7) is 4.08. The highest BCUT2D eigenvalue weighted by Gasteiger charge is 2.29. The van der Waals surface area contributed by atoms with Crippen LogP contribution in [0, 0.1) is 5.82 Å². The second kappa shape index (κ2) is 3.61. The van der Waals surface area contributed by atoms with Crippen molar-refractivity contribution in [2.75, 3.05) is 0 Å². The van der Waals surface area contributed by atoms with Crippen molar-refractivity contribution < 1.29 is 4.39 Å². The van der Waals surface area contributed by atoms with Crippen molar-refractivity contribution in [3.8, 4) is 0 Å². The molecule has 0 radical (unpaired) electrons. The van der Waals surface area contributed by atoms with Crippen LogP contribution in [0.4, 0.5) is 4.39 Å². The molecule has 0 atom stereocenters. The molecule has 0 unspecified atom stereocenters. The Morgan fingerprint density at radius 2 is 2.14 bits per heavy atom. The summed E-state index contributed by atoms with van der Waals surface area (Å²) in [5.74, 6) is 0.534. The number of aromatic nitrogens is 1. The maximum atomic E-state index is 13.6. The molecular formula is C11H13BrFN. The zero-order valence-corrected chi connectivity index (χ0v) is 9.94. The highest BCUT2D eigenvalue weighted by Crippen LogP contribution is 2.41. The van der Waals surface area contributed by atoms with Crippen LogP contribution in [0.15, 0.2) is 10.7 Å². The first-order valence-corrected chi connectivity index (χ1v) is 5.74. The van der Waals surface area contributed by atoms with Crippen molar-refractivity contribution in [2.24, 2.45) is 0 Å². The van der Waals surface area contributed by atoms with Crippen molar-refractivity contribution >= 4 is 15.9 Å². The van der Waals surface area contributed by atoms with Crippen LogP contribution in [0.1, 0.15) is 49.8 Å². The molecule has 1 fully saturated rings. The minimum Gasteiger partial charge on any atom is -0.242 e. The van der Waals surface area contributed by atoms with Crippen LogP contribution < -0.4 is 0 Å². The molecule has 1 nitrogen and oxygen atoms in total. The highest BCUT2D eigenvalue weighted by molar-refractivity contribution is 9.10. The Bertz CT molecular complexity index is 331. The zero-order valence-electron chi connectivity index (χ0n) is 8.35. The largest absolute Gasteiger partial charge is 0.242 e. The molecule has 0 aromatic carbocycles. The Hall–Kier alpha value is -0.440. The summed E-state index contributed by atoms with van der Waals surface area (Å²) in [7, 11) is 0. The summed E-state index contributed by atoms with van der Waals surface area (Å²) >= 11 is 3.40. The summed E-state index contributed by atoms with van der Waals surface area (Å²) in [6, 6.07) is 1.62. The number of halogens is 2. The monoisotopic (exact) mass is 257 g/mol. The average Bonchev–Trinajstić information content (AvgIpc) is 2.91. The Balaban J connectivity index is 2.43. The summed E-state index contributed by atoms with van der Waals surface area (Å²) in [4.78, 5) is 4.30. The predicted molar refractivity (Wildman–Crippen MR) is 58.0 cm³/mol. The average molecular weight is 258 g/mol. The first-order valence-electron chi connectivity index (χ1n) is 4.95. The van der Waals surface area contributed by atoms with Crippen molar-refractivity contribution in [2.45, 2.75) is 38.5 Å². The van der Waals surface area contributed by atoms with E-state index in [1.54, 1.807) is 6.07 Å². The van der Waals surface area contributed by atoms with Gasteiger partial charge in [-0.05, 0) is 46.3 Å². The lowest BCUT2D eigenvalue weighted by molar-refractivity contribution is 0.593. The van der Waals surface area contributed by atoms with Gasteiger partial charge in [0.25, 0.3) is 0 Å². The van der Waals surface area contributed by atoms with Gasteiger partial charge < -0.3 is 0 Å². The third-order valence-corrected chi connectivity index (χ3v) is 3.20. The summed E-state index contributed by atoms with van der Waals surface area (Å²) < 4.78 is 14.4. The molecule has 0 bridgehead atoms. The highest BCUT2D eigenvalue weighted by atomic mass is 79.9. The van der Waals surface area contributed by atoms with E-state index in [4.69, 9.17) is 0 Å². The molecule has 1 aromatic heterocycles. The van der Waals surface area contributed by atoms with E-state index in [1.807, 2.05) is 13.8 Å². The van der Waals surface area contributed by atoms with Crippen LogP contribution in [0.5, 0.6) is 0 Å². The van der Waals surface area contributed by atoms with E-state index in [0.717, 1.165) is 23.0 Å². The topological polar surface area (TPSA) is 12.9 Å². The van der Waals surface area contributed by atoms with Gasteiger partial charge in [-0.1, -0.05) is 13.8 Å². The van der Waals surface area contributed by atoms with Crippen molar-refractivity contribution in [1.29, 1.82) is 0 Å². The first-order chi connectivity index (χ1) is 6.59. The lowest BCUT2D eigenvalue weighted by Crippen LogP contribution is -1.99. The molecule has 1 aromatic rings. The van der Waals surface area contributed by atoms with E-state index in [1.165, 1.54) is 0 Å². The maximum Gasteiger partial charge on any atom is 0.145 e. The van der Waals surface area contributed by atoms with E-state index in [0.29, 0.717) is 17.5 Å². The van der Waals surface area contributed by atoms with Crippen LogP contribution in [-0.4, -0.2) is 4.98 Å². The molecule has 0 saturated heterocycles. The fraction of sp³-hybridized carbons (Fsp3) is 0.545. The van der Waals surface area contributed by atoms with Crippen LogP contribution >= 0.6 is 15.9 Å². The van der Waals surface area contributed by atoms with Crippen molar-refractivity contribution in [3.05, 3.63) is 27.7 Å². The summed E-state index contributed by atoms with van der Waals surface area (Å²) in [6.07, 6.45) is 2.16. The Labute approximate surface area is 91.9 Å². The van der Waals surface area contributed by atoms with Gasteiger partial charge in [0.2, 0.25) is 0 Å². The van der Waals surface area contributed by atoms with Gasteiger partial charge in [0.1, 0.15) is 10.4 Å². The van der Waals surface area contributed by atoms with Gasteiger partial charge in [-0.25, -0.2) is 9.37 Å². The standard InChI is InChI=1S/C11H13BrFN/c1-6(2)8-5-9(13)10(7-3-4-7)14-11(8)12/h5-7H,3-4H2,1-2H3. The van der Waals surface area contributed by atoms with Gasteiger partial charge in [0.05, 0.1) is 5.69 Å². The van der Waals surface area contributed by atoms with E-state index in [-0.39, 0.29) is 5.82 Å². The molecule has 1 aliphatic rings. The minimum absolute atomic E-state index is 0.139. The smallest absolute Gasteiger partial charge is 0.145 e. The third-order valence-electron chi connectivity index (χ3n) is 2.57. The molecule has 2 rings (SSSR count). The Morgan fingerprint density at radius 1 is 1.50 bits per heavy atom. The fourth-order valence-corrected chi connectivity index (χ4v) is 2.30. The van der Waals surface area contributed by atoms with Gasteiger partial charge in [-0.2, -0.15) is 0 Å². The quantitative estimate of drug-likeness (QED) is 0.731. The molecule has 0 N–H and O–H groups in total. The lowest BCUT2D eigenvalue weighted by atomic mass is 10.0. The van der Waals surface area contributed by atoms with Gasteiger partial charge >= 0.3 is 0 Å².